The maximum absolute atomic E-state index is 12.1. The minimum absolute atomic E-state index is 0.157. The molecule has 5 saturated carbocycles. The number of hydrogen-bond acceptors (Lipinski definition) is 2. The summed E-state index contributed by atoms with van der Waals surface area (Å²) in [7, 11) is 0. The predicted octanol–water partition coefficient (Wildman–Crippen LogP) is 4.74. The summed E-state index contributed by atoms with van der Waals surface area (Å²) in [5, 5.41) is 0. The van der Waals surface area contributed by atoms with E-state index in [1.54, 1.807) is 6.92 Å². The molecule has 0 spiro atoms. The smallest absolute Gasteiger partial charge is 0.333 e. The summed E-state index contributed by atoms with van der Waals surface area (Å²) >= 11 is 0. The van der Waals surface area contributed by atoms with Gasteiger partial charge in [-0.2, -0.15) is 0 Å². The van der Waals surface area contributed by atoms with E-state index in [9.17, 15) is 4.79 Å². The van der Waals surface area contributed by atoms with Crippen molar-refractivity contribution in [2.75, 3.05) is 0 Å². The first-order valence-corrected chi connectivity index (χ1v) is 9.51. The van der Waals surface area contributed by atoms with Crippen molar-refractivity contribution in [3.8, 4) is 0 Å². The molecular formula is C20H30O2. The van der Waals surface area contributed by atoms with E-state index in [1.807, 2.05) is 0 Å². The molecule has 0 heterocycles. The number of rotatable bonds is 2. The van der Waals surface area contributed by atoms with E-state index >= 15 is 0 Å². The normalized spacial score (nSPS) is 46.5. The molecule has 5 fully saturated rings. The van der Waals surface area contributed by atoms with Crippen molar-refractivity contribution in [1.29, 1.82) is 0 Å². The second-order valence-electron chi connectivity index (χ2n) is 8.49. The van der Waals surface area contributed by atoms with Crippen LogP contribution in [0.25, 0.3) is 0 Å². The molecular weight excluding hydrogens is 272 g/mol. The third kappa shape index (κ3) is 2.34. The molecule has 5 rings (SSSR count). The van der Waals surface area contributed by atoms with E-state index in [1.165, 1.54) is 51.4 Å². The van der Waals surface area contributed by atoms with Crippen LogP contribution in [0, 0.1) is 35.5 Å². The number of carbonyl (C=O) groups excluding carboxylic acids is 1. The summed E-state index contributed by atoms with van der Waals surface area (Å²) in [5.41, 5.74) is 0.556. The monoisotopic (exact) mass is 302 g/mol. The molecule has 7 atom stereocenters. The highest BCUT2D eigenvalue weighted by Gasteiger charge is 2.55. The van der Waals surface area contributed by atoms with Gasteiger partial charge in [-0.15, -0.1) is 0 Å². The van der Waals surface area contributed by atoms with Crippen molar-refractivity contribution in [2.24, 2.45) is 35.5 Å². The zero-order chi connectivity index (χ0) is 15.3. The Bertz CT molecular complexity index is 468. The van der Waals surface area contributed by atoms with Gasteiger partial charge in [-0.05, 0) is 74.5 Å². The number of ether oxygens (including phenoxy) is 1. The van der Waals surface area contributed by atoms with Gasteiger partial charge in [0.2, 0.25) is 0 Å². The number of esters is 1. The van der Waals surface area contributed by atoms with Crippen LogP contribution in [0.15, 0.2) is 12.2 Å². The van der Waals surface area contributed by atoms with Gasteiger partial charge in [0.05, 0.1) is 0 Å². The van der Waals surface area contributed by atoms with Crippen molar-refractivity contribution in [2.45, 2.75) is 70.8 Å². The quantitative estimate of drug-likeness (QED) is 0.544. The standard InChI is InChI=1S/C20H30O2/c1-12(2)20(21)22-19-11-17-14-7-4-3-6-13(14)10-18(19)16-9-5-8-15(16)17/h13-19H,1,3-11H2,2H3. The summed E-state index contributed by atoms with van der Waals surface area (Å²) in [6.07, 6.45) is 12.6. The van der Waals surface area contributed by atoms with Crippen LogP contribution in [0.1, 0.15) is 64.7 Å². The lowest BCUT2D eigenvalue weighted by Gasteiger charge is -2.43. The molecule has 7 unspecified atom stereocenters. The van der Waals surface area contributed by atoms with Crippen LogP contribution in [-0.4, -0.2) is 12.1 Å². The Hall–Kier alpha value is -0.790. The lowest BCUT2D eigenvalue weighted by Crippen LogP contribution is -2.42. The van der Waals surface area contributed by atoms with Gasteiger partial charge in [-0.3, -0.25) is 0 Å². The van der Waals surface area contributed by atoms with E-state index in [4.69, 9.17) is 4.74 Å². The number of carbonyl (C=O) groups is 1. The Labute approximate surface area is 134 Å². The van der Waals surface area contributed by atoms with Crippen LogP contribution >= 0.6 is 0 Å². The summed E-state index contributed by atoms with van der Waals surface area (Å²) in [6, 6.07) is 0. The zero-order valence-corrected chi connectivity index (χ0v) is 13.9. The molecule has 5 aliphatic rings. The second-order valence-corrected chi connectivity index (χ2v) is 8.49. The second kappa shape index (κ2) is 5.69. The fraction of sp³-hybridized carbons (Fsp3) is 0.850. The van der Waals surface area contributed by atoms with Gasteiger partial charge in [-0.1, -0.05) is 32.3 Å². The molecule has 5 aliphatic carbocycles. The van der Waals surface area contributed by atoms with Crippen molar-refractivity contribution >= 4 is 5.97 Å². The van der Waals surface area contributed by atoms with Crippen molar-refractivity contribution in [3.05, 3.63) is 12.2 Å². The third-order valence-electron chi connectivity index (χ3n) is 7.41. The average Bonchev–Trinajstić information content (AvgIpc) is 2.89. The molecule has 0 aromatic carbocycles. The molecule has 0 aliphatic heterocycles. The zero-order valence-electron chi connectivity index (χ0n) is 13.9. The topological polar surface area (TPSA) is 26.3 Å². The fourth-order valence-electron chi connectivity index (χ4n) is 6.61. The summed E-state index contributed by atoms with van der Waals surface area (Å²) in [4.78, 5) is 12.1. The fourth-order valence-corrected chi connectivity index (χ4v) is 6.61. The first-order chi connectivity index (χ1) is 10.6. The Balaban J connectivity index is 1.61. The van der Waals surface area contributed by atoms with Crippen LogP contribution < -0.4 is 0 Å². The van der Waals surface area contributed by atoms with Gasteiger partial charge >= 0.3 is 5.97 Å². The first kappa shape index (κ1) is 14.8. The Morgan fingerprint density at radius 1 is 0.864 bits per heavy atom. The lowest BCUT2D eigenvalue weighted by atomic mass is 9.64. The largest absolute Gasteiger partial charge is 0.459 e. The van der Waals surface area contributed by atoms with Crippen molar-refractivity contribution in [3.63, 3.8) is 0 Å². The van der Waals surface area contributed by atoms with E-state index in [0.717, 1.165) is 36.0 Å². The van der Waals surface area contributed by atoms with Crippen LogP contribution in [-0.2, 0) is 9.53 Å². The molecule has 0 saturated heterocycles. The van der Waals surface area contributed by atoms with E-state index in [-0.39, 0.29) is 12.1 Å². The van der Waals surface area contributed by atoms with Crippen LogP contribution in [0.5, 0.6) is 0 Å². The number of hydrogen-bond donors (Lipinski definition) is 0. The molecule has 2 bridgehead atoms. The average molecular weight is 302 g/mol. The molecule has 0 aromatic heterocycles. The number of fused-ring (bicyclic) bond motifs is 1. The van der Waals surface area contributed by atoms with Gasteiger partial charge in [0.15, 0.2) is 0 Å². The summed E-state index contributed by atoms with van der Waals surface area (Å²) < 4.78 is 5.94. The van der Waals surface area contributed by atoms with E-state index in [2.05, 4.69) is 6.58 Å². The summed E-state index contributed by atoms with van der Waals surface area (Å²) in [5.74, 6) is 4.95. The first-order valence-electron chi connectivity index (χ1n) is 9.51. The lowest BCUT2D eigenvalue weighted by molar-refractivity contribution is -0.153. The van der Waals surface area contributed by atoms with Gasteiger partial charge in [0.1, 0.15) is 6.10 Å². The van der Waals surface area contributed by atoms with Gasteiger partial charge in [-0.25, -0.2) is 4.79 Å². The third-order valence-corrected chi connectivity index (χ3v) is 7.41. The van der Waals surface area contributed by atoms with Crippen molar-refractivity contribution in [1.82, 2.24) is 0 Å². The van der Waals surface area contributed by atoms with Gasteiger partial charge < -0.3 is 4.74 Å². The van der Waals surface area contributed by atoms with E-state index in [0.29, 0.717) is 11.5 Å². The highest BCUT2D eigenvalue weighted by atomic mass is 16.5. The Morgan fingerprint density at radius 3 is 2.32 bits per heavy atom. The highest BCUT2D eigenvalue weighted by molar-refractivity contribution is 5.87. The van der Waals surface area contributed by atoms with Crippen LogP contribution in [0.2, 0.25) is 0 Å². The summed E-state index contributed by atoms with van der Waals surface area (Å²) in [6.45, 7) is 5.54. The van der Waals surface area contributed by atoms with Crippen LogP contribution in [0.3, 0.4) is 0 Å². The Kier molecular flexibility index (Phi) is 3.82. The molecule has 2 nitrogen and oxygen atoms in total. The molecule has 0 amide bonds. The van der Waals surface area contributed by atoms with Gasteiger partial charge in [0.25, 0.3) is 0 Å². The molecule has 22 heavy (non-hydrogen) atoms. The Morgan fingerprint density at radius 2 is 1.55 bits per heavy atom. The molecule has 122 valence electrons. The minimum atomic E-state index is -0.157. The maximum Gasteiger partial charge on any atom is 0.333 e. The van der Waals surface area contributed by atoms with E-state index < -0.39 is 0 Å². The van der Waals surface area contributed by atoms with Crippen LogP contribution in [0.4, 0.5) is 0 Å². The maximum atomic E-state index is 12.1. The molecule has 0 radical (unpaired) electrons. The van der Waals surface area contributed by atoms with Crippen molar-refractivity contribution < 1.29 is 9.53 Å². The molecule has 2 heteroatoms. The van der Waals surface area contributed by atoms with Gasteiger partial charge in [0, 0.05) is 5.57 Å². The predicted molar refractivity (Wildman–Crippen MR) is 87.2 cm³/mol. The molecule has 0 aromatic rings. The molecule has 0 N–H and O–H groups in total. The SMILES string of the molecule is C=C(C)C(=O)OC1CC2C3CCCCC3CC1C1CCCC21. The minimum Gasteiger partial charge on any atom is -0.459 e. The highest BCUT2D eigenvalue weighted by Crippen LogP contribution is 2.60.